The molecule has 1 aliphatic rings. The fourth-order valence-electron chi connectivity index (χ4n) is 9.98. The van der Waals surface area contributed by atoms with Crippen LogP contribution in [0.5, 0.6) is 0 Å². The number of hydrogen-bond donors (Lipinski definition) is 0. The highest BCUT2D eigenvalue weighted by atomic mass is 16.3. The van der Waals surface area contributed by atoms with Crippen molar-refractivity contribution in [1.29, 1.82) is 0 Å². The number of benzene rings is 9. The van der Waals surface area contributed by atoms with Gasteiger partial charge in [-0.1, -0.05) is 170 Å². The van der Waals surface area contributed by atoms with Crippen molar-refractivity contribution in [3.8, 4) is 27.9 Å². The number of rotatable bonds is 5. The van der Waals surface area contributed by atoms with E-state index in [1.807, 2.05) is 12.1 Å². The fourth-order valence-corrected chi connectivity index (χ4v) is 9.98. The maximum Gasteiger partial charge on any atom is 0.214 e. The Bertz CT molecular complexity index is 3840. The molecule has 4 heterocycles. The van der Waals surface area contributed by atoms with E-state index in [9.17, 15) is 0 Å². The van der Waals surface area contributed by atoms with E-state index in [4.69, 9.17) is 14.4 Å². The average Bonchev–Trinajstić information content (AvgIpc) is 4.02. The minimum atomic E-state index is -0.342. The summed E-state index contributed by atoms with van der Waals surface area (Å²) >= 11 is 0. The van der Waals surface area contributed by atoms with Crippen molar-refractivity contribution in [2.75, 3.05) is 7.05 Å². The van der Waals surface area contributed by atoms with Crippen molar-refractivity contribution in [3.63, 3.8) is 0 Å². The lowest BCUT2D eigenvalue weighted by Gasteiger charge is -2.33. The molecule has 1 atom stereocenters. The molecule has 12 aromatic rings. The molecular formula is C58H39N5O. The standard InChI is InChI=1S/C58H39N5O/c1-61-57(40-19-7-3-8-20-40)59-56(39-31-29-38(30-32-39)37-17-5-2-6-18-37)60-58(61)63-50-27-15-12-25-46(50)53-47(36-48-45-24-13-16-28-52(45)64-55(48)54(53)63)41-33-34-44-43-23-11-14-26-49(43)62(51(44)35-41)42-21-9-4-10-22-42/h2-36,57H,1H3. The van der Waals surface area contributed by atoms with E-state index in [1.165, 1.54) is 21.9 Å². The molecule has 13 rings (SSSR count). The Morgan fingerprint density at radius 3 is 1.80 bits per heavy atom. The number of furan rings is 1. The molecule has 6 heteroatoms. The third-order valence-corrected chi connectivity index (χ3v) is 13.0. The van der Waals surface area contributed by atoms with Crippen LogP contribution in [0.15, 0.2) is 227 Å². The third-order valence-electron chi connectivity index (χ3n) is 13.0. The summed E-state index contributed by atoms with van der Waals surface area (Å²) in [5.74, 6) is 1.43. The van der Waals surface area contributed by atoms with Crippen molar-refractivity contribution in [2.45, 2.75) is 6.17 Å². The summed E-state index contributed by atoms with van der Waals surface area (Å²) in [6, 6.07) is 75.3. The van der Waals surface area contributed by atoms with Crippen LogP contribution in [-0.4, -0.2) is 32.9 Å². The van der Waals surface area contributed by atoms with Crippen LogP contribution in [0, 0.1) is 0 Å². The molecule has 0 saturated heterocycles. The zero-order valence-corrected chi connectivity index (χ0v) is 34.9. The first-order chi connectivity index (χ1) is 31.7. The molecule has 3 aromatic heterocycles. The lowest BCUT2D eigenvalue weighted by atomic mass is 9.96. The van der Waals surface area contributed by atoms with Gasteiger partial charge in [-0.3, -0.25) is 4.57 Å². The zero-order valence-electron chi connectivity index (χ0n) is 34.9. The average molecular weight is 822 g/mol. The summed E-state index contributed by atoms with van der Waals surface area (Å²) in [6.07, 6.45) is -0.342. The highest BCUT2D eigenvalue weighted by molar-refractivity contribution is 6.29. The summed E-state index contributed by atoms with van der Waals surface area (Å²) in [7, 11) is 2.10. The minimum Gasteiger partial charge on any atom is -0.454 e. The van der Waals surface area contributed by atoms with Crippen LogP contribution in [0.3, 0.4) is 0 Å². The van der Waals surface area contributed by atoms with Gasteiger partial charge in [-0.25, -0.2) is 4.99 Å². The first-order valence-corrected chi connectivity index (χ1v) is 21.7. The van der Waals surface area contributed by atoms with E-state index < -0.39 is 0 Å². The van der Waals surface area contributed by atoms with Crippen molar-refractivity contribution >= 4 is 77.3 Å². The number of para-hydroxylation sites is 4. The molecule has 302 valence electrons. The van der Waals surface area contributed by atoms with E-state index >= 15 is 0 Å². The maximum atomic E-state index is 6.99. The van der Waals surface area contributed by atoms with Crippen molar-refractivity contribution < 1.29 is 4.42 Å². The van der Waals surface area contributed by atoms with E-state index in [-0.39, 0.29) is 6.17 Å². The predicted octanol–water partition coefficient (Wildman–Crippen LogP) is 14.4. The number of aromatic nitrogens is 2. The third kappa shape index (κ3) is 5.52. The van der Waals surface area contributed by atoms with Crippen LogP contribution in [0.4, 0.5) is 0 Å². The summed E-state index contributed by atoms with van der Waals surface area (Å²) in [6.45, 7) is 0. The minimum absolute atomic E-state index is 0.342. The monoisotopic (exact) mass is 821 g/mol. The van der Waals surface area contributed by atoms with Crippen LogP contribution in [-0.2, 0) is 0 Å². The smallest absolute Gasteiger partial charge is 0.214 e. The molecule has 0 spiro atoms. The highest BCUT2D eigenvalue weighted by Gasteiger charge is 2.31. The molecule has 0 radical (unpaired) electrons. The Morgan fingerprint density at radius 2 is 1.03 bits per heavy atom. The van der Waals surface area contributed by atoms with Gasteiger partial charge in [-0.15, -0.1) is 0 Å². The van der Waals surface area contributed by atoms with E-state index in [0.717, 1.165) is 88.7 Å². The lowest BCUT2D eigenvalue weighted by Crippen LogP contribution is -2.39. The Hall–Kier alpha value is -8.48. The van der Waals surface area contributed by atoms with Gasteiger partial charge < -0.3 is 13.9 Å². The largest absolute Gasteiger partial charge is 0.454 e. The topological polar surface area (TPSA) is 51.0 Å². The van der Waals surface area contributed by atoms with E-state index in [1.54, 1.807) is 0 Å². The Labute approximate surface area is 368 Å². The first kappa shape index (κ1) is 36.2. The summed E-state index contributed by atoms with van der Waals surface area (Å²) in [5.41, 5.74) is 13.7. The second-order valence-corrected chi connectivity index (χ2v) is 16.6. The predicted molar refractivity (Wildman–Crippen MR) is 265 cm³/mol. The normalized spacial score (nSPS) is 14.3. The molecule has 9 aromatic carbocycles. The number of aliphatic imine (C=N–C) groups is 2. The number of hydrogen-bond acceptors (Lipinski definition) is 4. The molecular weight excluding hydrogens is 783 g/mol. The summed E-state index contributed by atoms with van der Waals surface area (Å²) < 4.78 is 11.7. The Balaban J connectivity index is 1.10. The van der Waals surface area contributed by atoms with Crippen molar-refractivity contribution in [3.05, 3.63) is 223 Å². The fraction of sp³-hybridized carbons (Fsp3) is 0.0345. The zero-order chi connectivity index (χ0) is 42.3. The van der Waals surface area contributed by atoms with Crippen LogP contribution in [0.1, 0.15) is 17.3 Å². The molecule has 0 bridgehead atoms. The van der Waals surface area contributed by atoms with E-state index in [2.05, 4.69) is 221 Å². The molecule has 64 heavy (non-hydrogen) atoms. The number of fused-ring (bicyclic) bond motifs is 10. The van der Waals surface area contributed by atoms with Gasteiger partial charge in [0.05, 0.1) is 16.6 Å². The highest BCUT2D eigenvalue weighted by Crippen LogP contribution is 2.46. The Kier molecular flexibility index (Phi) is 8.09. The van der Waals surface area contributed by atoms with Gasteiger partial charge in [0.15, 0.2) is 17.6 Å². The van der Waals surface area contributed by atoms with Gasteiger partial charge in [0, 0.05) is 50.6 Å². The first-order valence-electron chi connectivity index (χ1n) is 21.7. The van der Waals surface area contributed by atoms with Gasteiger partial charge in [-0.05, 0) is 70.3 Å². The molecule has 1 aliphatic heterocycles. The van der Waals surface area contributed by atoms with Gasteiger partial charge in [0.2, 0.25) is 5.96 Å². The number of amidine groups is 1. The van der Waals surface area contributed by atoms with Gasteiger partial charge in [-0.2, -0.15) is 4.99 Å². The van der Waals surface area contributed by atoms with Crippen LogP contribution >= 0.6 is 0 Å². The SMILES string of the molecule is CN1C(n2c3ccccc3c3c(-c4ccc5c6ccccc6n(-c6ccccc6)c5c4)cc4c5ccccc5oc4c32)=NC(c2ccc(-c3ccccc3)cc2)=NC1c1ccccc1. The summed E-state index contributed by atoms with van der Waals surface area (Å²) in [4.78, 5) is 13.1. The molecule has 1 unspecified atom stereocenters. The van der Waals surface area contributed by atoms with Gasteiger partial charge in [0.25, 0.3) is 0 Å². The van der Waals surface area contributed by atoms with Gasteiger partial charge >= 0.3 is 0 Å². The second kappa shape index (κ2) is 14.3. The molecule has 0 aliphatic carbocycles. The molecule has 0 saturated carbocycles. The molecule has 6 nitrogen and oxygen atoms in total. The molecule has 0 fully saturated rings. The summed E-state index contributed by atoms with van der Waals surface area (Å²) in [5, 5.41) is 6.78. The van der Waals surface area contributed by atoms with Crippen molar-refractivity contribution in [2.24, 2.45) is 9.98 Å². The Morgan fingerprint density at radius 1 is 0.453 bits per heavy atom. The quantitative estimate of drug-likeness (QED) is 0.174. The molecule has 0 N–H and O–H groups in total. The second-order valence-electron chi connectivity index (χ2n) is 16.6. The van der Waals surface area contributed by atoms with E-state index in [0.29, 0.717) is 5.84 Å². The molecule has 0 amide bonds. The van der Waals surface area contributed by atoms with Gasteiger partial charge in [0.1, 0.15) is 11.1 Å². The lowest BCUT2D eigenvalue weighted by molar-refractivity contribution is 0.372. The maximum absolute atomic E-state index is 6.99. The van der Waals surface area contributed by atoms with Crippen LogP contribution < -0.4 is 0 Å². The van der Waals surface area contributed by atoms with Crippen molar-refractivity contribution in [1.82, 2.24) is 14.0 Å². The number of nitrogens with zero attached hydrogens (tertiary/aromatic N) is 5. The van der Waals surface area contributed by atoms with Crippen LogP contribution in [0.2, 0.25) is 0 Å². The van der Waals surface area contributed by atoms with Crippen LogP contribution in [0.25, 0.3) is 93.5 Å².